The number of alkyl carbamates (subject to hydrolysis) is 1. The van der Waals surface area contributed by atoms with E-state index in [4.69, 9.17) is 9.84 Å². The average Bonchev–Trinajstić information content (AvgIpc) is 2.43. The van der Waals surface area contributed by atoms with Gasteiger partial charge in [0, 0.05) is 12.0 Å². The van der Waals surface area contributed by atoms with Gasteiger partial charge in [-0.3, -0.25) is 4.79 Å². The molecule has 0 fully saturated rings. The highest BCUT2D eigenvalue weighted by Gasteiger charge is 2.27. The molecule has 0 aromatic heterocycles. The van der Waals surface area contributed by atoms with E-state index in [1.165, 1.54) is 0 Å². The summed E-state index contributed by atoms with van der Waals surface area (Å²) < 4.78 is 5.19. The average molecular weight is 321 g/mol. The number of ether oxygens (including phenoxy) is 1. The number of carboxylic acid groups (broad SMARTS) is 1. The zero-order chi connectivity index (χ0) is 17.5. The van der Waals surface area contributed by atoms with Gasteiger partial charge in [0.25, 0.3) is 0 Å². The maximum Gasteiger partial charge on any atom is 0.407 e. The Kier molecular flexibility index (Phi) is 6.75. The number of hydrogen-bond acceptors (Lipinski definition) is 4. The Bertz CT molecular complexity index is 536. The molecule has 126 valence electrons. The van der Waals surface area contributed by atoms with Crippen LogP contribution in [0.1, 0.15) is 32.8 Å². The van der Waals surface area contributed by atoms with Crippen LogP contribution >= 0.6 is 0 Å². The molecule has 23 heavy (non-hydrogen) atoms. The lowest BCUT2D eigenvalue weighted by Crippen LogP contribution is -2.45. The molecule has 6 nitrogen and oxygen atoms in total. The molecule has 2 N–H and O–H groups in total. The van der Waals surface area contributed by atoms with Crippen molar-refractivity contribution < 1.29 is 24.2 Å². The van der Waals surface area contributed by atoms with Crippen molar-refractivity contribution in [3.63, 3.8) is 0 Å². The van der Waals surface area contributed by atoms with Gasteiger partial charge in [-0.25, -0.2) is 4.79 Å². The molecule has 0 saturated carbocycles. The fourth-order valence-electron chi connectivity index (χ4n) is 2.12. The second-order valence-electron chi connectivity index (χ2n) is 6.34. The van der Waals surface area contributed by atoms with E-state index in [0.717, 1.165) is 5.56 Å². The summed E-state index contributed by atoms with van der Waals surface area (Å²) in [5, 5.41) is 11.6. The number of rotatable bonds is 7. The summed E-state index contributed by atoms with van der Waals surface area (Å²) in [7, 11) is 0. The summed E-state index contributed by atoms with van der Waals surface area (Å²) in [5.41, 5.74) is 0.219. The third kappa shape index (κ3) is 7.44. The van der Waals surface area contributed by atoms with E-state index in [9.17, 15) is 14.4 Å². The topological polar surface area (TPSA) is 92.7 Å². The molecule has 0 bridgehead atoms. The predicted octanol–water partition coefficient (Wildman–Crippen LogP) is 2.41. The maximum absolute atomic E-state index is 12.0. The zero-order valence-corrected chi connectivity index (χ0v) is 13.6. The molecule has 0 saturated heterocycles. The second-order valence-corrected chi connectivity index (χ2v) is 6.34. The monoisotopic (exact) mass is 321 g/mol. The molecule has 0 aliphatic carbocycles. The highest BCUT2D eigenvalue weighted by atomic mass is 16.6. The first-order chi connectivity index (χ1) is 10.7. The maximum atomic E-state index is 12.0. The number of aldehydes is 1. The quantitative estimate of drug-likeness (QED) is 0.752. The van der Waals surface area contributed by atoms with E-state index in [1.54, 1.807) is 20.8 Å². The normalized spacial score (nSPS) is 13.7. The third-order valence-electron chi connectivity index (χ3n) is 3.10. The van der Waals surface area contributed by atoms with Crippen LogP contribution in [0.3, 0.4) is 0 Å². The highest BCUT2D eigenvalue weighted by Crippen LogP contribution is 2.15. The van der Waals surface area contributed by atoms with Crippen LogP contribution in [0.2, 0.25) is 0 Å². The Morgan fingerprint density at radius 3 is 2.35 bits per heavy atom. The predicted molar refractivity (Wildman–Crippen MR) is 85.1 cm³/mol. The first kappa shape index (κ1) is 18.7. The molecule has 0 spiro atoms. The van der Waals surface area contributed by atoms with Crippen LogP contribution in [-0.4, -0.2) is 35.1 Å². The first-order valence-electron chi connectivity index (χ1n) is 7.42. The largest absolute Gasteiger partial charge is 0.481 e. The van der Waals surface area contributed by atoms with Gasteiger partial charge >= 0.3 is 12.1 Å². The number of nitrogens with one attached hydrogen (secondary N) is 1. The van der Waals surface area contributed by atoms with Crippen LogP contribution in [0.4, 0.5) is 4.79 Å². The van der Waals surface area contributed by atoms with Crippen LogP contribution in [0.25, 0.3) is 0 Å². The fraction of sp³-hybridized carbons (Fsp3) is 0.471. The van der Waals surface area contributed by atoms with Crippen LogP contribution in [0.15, 0.2) is 30.3 Å². The molecule has 0 radical (unpaired) electrons. The van der Waals surface area contributed by atoms with Crippen molar-refractivity contribution in [2.24, 2.45) is 5.92 Å². The van der Waals surface area contributed by atoms with Crippen molar-refractivity contribution in [3.05, 3.63) is 35.9 Å². The van der Waals surface area contributed by atoms with Crippen molar-refractivity contribution in [2.75, 3.05) is 0 Å². The molecule has 0 aliphatic heterocycles. The smallest absolute Gasteiger partial charge is 0.407 e. The van der Waals surface area contributed by atoms with Gasteiger partial charge in [0.15, 0.2) is 0 Å². The van der Waals surface area contributed by atoms with Crippen LogP contribution in [-0.2, 0) is 20.7 Å². The summed E-state index contributed by atoms with van der Waals surface area (Å²) in [6.45, 7) is 5.19. The SMILES string of the molecule is CC(C)(C)OC(=O)NC(Cc1ccccc1)C(C=O)CC(=O)O. The summed E-state index contributed by atoms with van der Waals surface area (Å²) in [6.07, 6.45) is -0.109. The molecule has 6 heteroatoms. The third-order valence-corrected chi connectivity index (χ3v) is 3.10. The molecule has 1 aromatic rings. The Labute approximate surface area is 135 Å². The van der Waals surface area contributed by atoms with Crippen molar-refractivity contribution in [1.29, 1.82) is 0 Å². The fourth-order valence-corrected chi connectivity index (χ4v) is 2.12. The number of benzene rings is 1. The zero-order valence-electron chi connectivity index (χ0n) is 13.6. The molecule has 2 atom stereocenters. The first-order valence-corrected chi connectivity index (χ1v) is 7.42. The van der Waals surface area contributed by atoms with Gasteiger partial charge in [-0.2, -0.15) is 0 Å². The molecular formula is C17H23NO5. The summed E-state index contributed by atoms with van der Waals surface area (Å²) in [6, 6.07) is 8.59. The van der Waals surface area contributed by atoms with E-state index in [2.05, 4.69) is 5.32 Å². The standard InChI is InChI=1S/C17H23NO5/c1-17(2,3)23-16(22)18-14(13(11-19)10-15(20)21)9-12-7-5-4-6-8-12/h4-8,11,13-14H,9-10H2,1-3H3,(H,18,22)(H,20,21). The van der Waals surface area contributed by atoms with E-state index < -0.39 is 29.6 Å². The number of carbonyl (C=O) groups excluding carboxylic acids is 2. The molecular weight excluding hydrogens is 298 g/mol. The molecule has 0 heterocycles. The van der Waals surface area contributed by atoms with Crippen molar-refractivity contribution in [1.82, 2.24) is 5.32 Å². The molecule has 1 rings (SSSR count). The van der Waals surface area contributed by atoms with E-state index in [0.29, 0.717) is 12.7 Å². The van der Waals surface area contributed by atoms with Gasteiger partial charge in [0.2, 0.25) is 0 Å². The Morgan fingerprint density at radius 1 is 1.26 bits per heavy atom. The Balaban J connectivity index is 2.88. The lowest BCUT2D eigenvalue weighted by atomic mass is 9.92. The molecule has 0 aliphatic rings. The van der Waals surface area contributed by atoms with Crippen molar-refractivity contribution in [2.45, 2.75) is 45.3 Å². The Morgan fingerprint density at radius 2 is 1.87 bits per heavy atom. The Hall–Kier alpha value is -2.37. The van der Waals surface area contributed by atoms with Gasteiger partial charge in [-0.1, -0.05) is 30.3 Å². The number of amides is 1. The number of hydrogen-bond donors (Lipinski definition) is 2. The minimum atomic E-state index is -1.09. The summed E-state index contributed by atoms with van der Waals surface area (Å²) in [4.78, 5) is 34.2. The van der Waals surface area contributed by atoms with E-state index in [1.807, 2.05) is 30.3 Å². The van der Waals surface area contributed by atoms with Crippen molar-refractivity contribution >= 4 is 18.3 Å². The highest BCUT2D eigenvalue weighted by molar-refractivity contribution is 5.74. The second kappa shape index (κ2) is 8.31. The number of carbonyl (C=O) groups is 3. The minimum absolute atomic E-state index is 0.344. The number of aliphatic carboxylic acids is 1. The number of carboxylic acids is 1. The van der Waals surface area contributed by atoms with Crippen LogP contribution < -0.4 is 5.32 Å². The molecule has 1 aromatic carbocycles. The lowest BCUT2D eigenvalue weighted by Gasteiger charge is -2.26. The summed E-state index contributed by atoms with van der Waals surface area (Å²) in [5.74, 6) is -1.92. The van der Waals surface area contributed by atoms with Crippen LogP contribution in [0, 0.1) is 5.92 Å². The summed E-state index contributed by atoms with van der Waals surface area (Å²) >= 11 is 0. The lowest BCUT2D eigenvalue weighted by molar-refractivity contribution is -0.139. The van der Waals surface area contributed by atoms with Crippen molar-refractivity contribution in [3.8, 4) is 0 Å². The van der Waals surface area contributed by atoms with Gasteiger partial charge in [0.05, 0.1) is 6.42 Å². The molecule has 1 amide bonds. The van der Waals surface area contributed by atoms with E-state index >= 15 is 0 Å². The van der Waals surface area contributed by atoms with Gasteiger partial charge in [0.1, 0.15) is 11.9 Å². The molecule has 2 unspecified atom stereocenters. The van der Waals surface area contributed by atoms with Crippen LogP contribution in [0.5, 0.6) is 0 Å². The minimum Gasteiger partial charge on any atom is -0.481 e. The van der Waals surface area contributed by atoms with E-state index in [-0.39, 0.29) is 6.42 Å². The van der Waals surface area contributed by atoms with Gasteiger partial charge in [-0.15, -0.1) is 0 Å². The van der Waals surface area contributed by atoms with Gasteiger partial charge < -0.3 is 20.0 Å². The van der Waals surface area contributed by atoms with Gasteiger partial charge in [-0.05, 0) is 32.8 Å².